The molecule has 4 nitrogen and oxygen atoms in total. The molecule has 0 fully saturated rings. The van der Waals surface area contributed by atoms with Crippen molar-refractivity contribution in [3.05, 3.63) is 48.9 Å². The minimum absolute atomic E-state index is 0.0454. The molecule has 3 rings (SSSR count). The van der Waals surface area contributed by atoms with E-state index in [1.807, 2.05) is 31.2 Å². The van der Waals surface area contributed by atoms with Crippen molar-refractivity contribution < 1.29 is 0 Å². The lowest BCUT2D eigenvalue weighted by Gasteiger charge is -2.21. The molecule has 2 heterocycles. The van der Waals surface area contributed by atoms with Crippen LogP contribution in [-0.2, 0) is 0 Å². The molecule has 1 aliphatic rings. The molecule has 1 atom stereocenters. The third-order valence-corrected chi connectivity index (χ3v) is 7.63. The Morgan fingerprint density at radius 1 is 1.38 bits per heavy atom. The van der Waals surface area contributed by atoms with Crippen molar-refractivity contribution in [1.82, 2.24) is 0 Å². The number of anilines is 1. The minimum Gasteiger partial charge on any atom is -0.322 e. The van der Waals surface area contributed by atoms with Gasteiger partial charge in [0.05, 0.1) is 8.60 Å². The summed E-state index contributed by atoms with van der Waals surface area (Å²) in [4.78, 5) is 4.96. The van der Waals surface area contributed by atoms with Crippen LogP contribution in [-0.4, -0.2) is 16.9 Å². The number of nitrogens with two attached hydrogens (primary N) is 1. The van der Waals surface area contributed by atoms with E-state index in [0.29, 0.717) is 0 Å². The van der Waals surface area contributed by atoms with Crippen LogP contribution in [0.5, 0.6) is 0 Å². The van der Waals surface area contributed by atoms with Crippen molar-refractivity contribution in [2.45, 2.75) is 26.1 Å². The first-order valence-corrected chi connectivity index (χ1v) is 10.4. The molecule has 0 aliphatic carbocycles. The number of hydrazone groups is 1. The normalized spacial score (nSPS) is 18.2. The van der Waals surface area contributed by atoms with Crippen molar-refractivity contribution in [1.29, 1.82) is 0 Å². The third kappa shape index (κ3) is 3.31. The van der Waals surface area contributed by atoms with Gasteiger partial charge in [-0.05, 0) is 73.0 Å². The van der Waals surface area contributed by atoms with Crippen molar-refractivity contribution in [2.75, 3.05) is 4.31 Å². The first-order valence-electron chi connectivity index (χ1n) is 7.26. The van der Waals surface area contributed by atoms with Gasteiger partial charge < -0.3 is 5.84 Å². The molecule has 24 heavy (non-hydrogen) atoms. The summed E-state index contributed by atoms with van der Waals surface area (Å²) in [5.74, 6) is 6.31. The van der Waals surface area contributed by atoms with Crippen LogP contribution in [0.1, 0.15) is 30.5 Å². The monoisotopic (exact) mass is 490 g/mol. The smallest absolute Gasteiger partial charge is 0.136 e. The highest BCUT2D eigenvalue weighted by Crippen LogP contribution is 2.44. The van der Waals surface area contributed by atoms with Crippen LogP contribution in [0.4, 0.5) is 5.00 Å². The van der Waals surface area contributed by atoms with Crippen LogP contribution in [0.25, 0.3) is 0 Å². The number of fused-ring (bicyclic) bond motifs is 1. The highest BCUT2D eigenvalue weighted by molar-refractivity contribution is 14.1. The molecule has 2 aromatic rings. The van der Waals surface area contributed by atoms with Crippen molar-refractivity contribution in [3.8, 4) is 0 Å². The number of hydrogen-bond acceptors (Lipinski definition) is 5. The van der Waals surface area contributed by atoms with Crippen LogP contribution in [0.3, 0.4) is 0 Å². The van der Waals surface area contributed by atoms with Crippen LogP contribution < -0.4 is 10.1 Å². The molecule has 0 saturated heterocycles. The Bertz CT molecular complexity index is 829. The van der Waals surface area contributed by atoms with Gasteiger partial charge in [0, 0.05) is 16.1 Å². The molecule has 0 unspecified atom stereocenters. The van der Waals surface area contributed by atoms with Gasteiger partial charge in [-0.25, -0.2) is 0 Å². The number of amidine groups is 1. The molecule has 126 valence electrons. The Balaban J connectivity index is 2.24. The summed E-state index contributed by atoms with van der Waals surface area (Å²) in [6, 6.07) is 7.84. The van der Waals surface area contributed by atoms with Crippen LogP contribution in [0.15, 0.2) is 34.4 Å². The molecule has 0 radical (unpaired) electrons. The fourth-order valence-corrected chi connectivity index (χ4v) is 5.56. The Hall–Kier alpha value is -0.770. The molecule has 0 bridgehead atoms. The van der Waals surface area contributed by atoms with Crippen molar-refractivity contribution in [3.63, 3.8) is 0 Å². The number of nitrogens with zero attached hydrogens (tertiary/aromatic N) is 3. The number of benzene rings is 1. The number of hydrogen-bond donors (Lipinski definition) is 1. The fraction of sp³-hybridized carbons (Fsp3) is 0.250. The maximum Gasteiger partial charge on any atom is 0.136 e. The van der Waals surface area contributed by atoms with Gasteiger partial charge in [0.1, 0.15) is 16.2 Å². The molecule has 0 spiro atoms. The molecule has 8 heteroatoms. The van der Waals surface area contributed by atoms with Gasteiger partial charge in [-0.1, -0.05) is 23.7 Å². The lowest BCUT2D eigenvalue weighted by atomic mass is 10.0. The van der Waals surface area contributed by atoms with Crippen molar-refractivity contribution >= 4 is 74.0 Å². The van der Waals surface area contributed by atoms with Gasteiger partial charge in [-0.2, -0.15) is 5.10 Å². The summed E-state index contributed by atoms with van der Waals surface area (Å²) in [6.45, 7) is 6.13. The summed E-state index contributed by atoms with van der Waals surface area (Å²) in [7, 11) is 0. The molecule has 1 aliphatic heterocycles. The zero-order valence-electron chi connectivity index (χ0n) is 13.4. The number of aliphatic imine (C=N–C) groups is 1. The van der Waals surface area contributed by atoms with E-state index in [-0.39, 0.29) is 5.37 Å². The summed E-state index contributed by atoms with van der Waals surface area (Å²) in [5.41, 5.74) is 4.43. The van der Waals surface area contributed by atoms with E-state index in [1.54, 1.807) is 23.3 Å². The van der Waals surface area contributed by atoms with Crippen LogP contribution in [0, 0.1) is 9.81 Å². The highest BCUT2D eigenvalue weighted by Gasteiger charge is 2.30. The standard InChI is InChI=1S/C16H16ClIN4S2/c1-8-13-14(11-4-6-12(17)7-5-11)20-10(3)24-22(9(2)21-19)16(13)23-15(8)18/h4-7,10H,19H2,1-3H3/b21-9-/t10-/m1/s1. The SMILES string of the molecule is C/C(=N/N)N1S[C@H](C)N=C(c2ccc(Cl)cc2)c2c1sc(I)c2C. The topological polar surface area (TPSA) is 54.0 Å². The molecule has 0 amide bonds. The predicted octanol–water partition coefficient (Wildman–Crippen LogP) is 5.26. The molecule has 0 saturated carbocycles. The Morgan fingerprint density at radius 3 is 2.67 bits per heavy atom. The second kappa shape index (κ2) is 7.23. The van der Waals surface area contributed by atoms with Gasteiger partial charge in [-0.15, -0.1) is 11.3 Å². The van der Waals surface area contributed by atoms with E-state index < -0.39 is 0 Å². The van der Waals surface area contributed by atoms with E-state index >= 15 is 0 Å². The summed E-state index contributed by atoms with van der Waals surface area (Å²) < 4.78 is 3.33. The van der Waals surface area contributed by atoms with Crippen LogP contribution in [0.2, 0.25) is 5.02 Å². The second-order valence-corrected chi connectivity index (χ2v) is 9.85. The van der Waals surface area contributed by atoms with Gasteiger partial charge >= 0.3 is 0 Å². The molecule has 1 aromatic carbocycles. The second-order valence-electron chi connectivity index (χ2n) is 5.34. The predicted molar refractivity (Wildman–Crippen MR) is 116 cm³/mol. The largest absolute Gasteiger partial charge is 0.322 e. The molecule has 2 N–H and O–H groups in total. The lowest BCUT2D eigenvalue weighted by Crippen LogP contribution is -2.23. The number of halogens is 2. The Labute approximate surface area is 168 Å². The maximum absolute atomic E-state index is 6.05. The van der Waals surface area contributed by atoms with E-state index in [1.165, 1.54) is 8.45 Å². The number of rotatable bonds is 1. The van der Waals surface area contributed by atoms with E-state index in [9.17, 15) is 0 Å². The third-order valence-electron chi connectivity index (χ3n) is 3.66. The first-order chi connectivity index (χ1) is 11.4. The maximum atomic E-state index is 6.05. The van der Waals surface area contributed by atoms with Gasteiger partial charge in [0.25, 0.3) is 0 Å². The zero-order chi connectivity index (χ0) is 17.4. The van der Waals surface area contributed by atoms with Gasteiger partial charge in [0.2, 0.25) is 0 Å². The minimum atomic E-state index is 0.0454. The Kier molecular flexibility index (Phi) is 5.43. The van der Waals surface area contributed by atoms with Crippen LogP contribution >= 0.6 is 57.5 Å². The average Bonchev–Trinajstić information content (AvgIpc) is 2.76. The number of thiophene rings is 1. The first kappa shape index (κ1) is 18.0. The van der Waals surface area contributed by atoms with Gasteiger partial charge in [0.15, 0.2) is 0 Å². The van der Waals surface area contributed by atoms with E-state index in [2.05, 4.69) is 45.8 Å². The molecule has 1 aromatic heterocycles. The molecular formula is C16H16ClIN4S2. The van der Waals surface area contributed by atoms with Crippen molar-refractivity contribution in [2.24, 2.45) is 15.9 Å². The van der Waals surface area contributed by atoms with E-state index in [4.69, 9.17) is 22.4 Å². The van der Waals surface area contributed by atoms with E-state index in [0.717, 1.165) is 32.7 Å². The zero-order valence-corrected chi connectivity index (χ0v) is 17.9. The Morgan fingerprint density at radius 2 is 2.04 bits per heavy atom. The average molecular weight is 491 g/mol. The van der Waals surface area contributed by atoms with Gasteiger partial charge in [-0.3, -0.25) is 9.30 Å². The summed E-state index contributed by atoms with van der Waals surface area (Å²) in [5, 5.41) is 5.78. The lowest BCUT2D eigenvalue weighted by molar-refractivity contribution is 1.05. The highest BCUT2D eigenvalue weighted by atomic mass is 127. The quantitative estimate of drug-likeness (QED) is 0.148. The summed E-state index contributed by atoms with van der Waals surface area (Å²) >= 11 is 11.8. The fourth-order valence-electron chi connectivity index (χ4n) is 2.47. The summed E-state index contributed by atoms with van der Waals surface area (Å²) in [6.07, 6.45) is 0. The molecular weight excluding hydrogens is 475 g/mol.